The van der Waals surface area contributed by atoms with E-state index in [0.29, 0.717) is 11.8 Å². The Balaban J connectivity index is 2.20. The maximum absolute atomic E-state index is 12.7. The van der Waals surface area contributed by atoms with Crippen LogP contribution in [0.15, 0.2) is 24.3 Å². The molecule has 1 aromatic rings. The van der Waals surface area contributed by atoms with Gasteiger partial charge in [-0.05, 0) is 55.5 Å². The average Bonchev–Trinajstić information content (AvgIpc) is 2.27. The van der Waals surface area contributed by atoms with Gasteiger partial charge in [-0.3, -0.25) is 0 Å². The van der Waals surface area contributed by atoms with Gasteiger partial charge in [0.05, 0.1) is 0 Å². The molecule has 0 aliphatic heterocycles. The van der Waals surface area contributed by atoms with Crippen molar-refractivity contribution in [3.63, 3.8) is 0 Å². The number of rotatable bonds is 7. The van der Waals surface area contributed by atoms with Gasteiger partial charge in [0.15, 0.2) is 0 Å². The van der Waals surface area contributed by atoms with Gasteiger partial charge in [-0.2, -0.15) is 0 Å². The molecular formula is C15H24FN. The van der Waals surface area contributed by atoms with Crippen molar-refractivity contribution < 1.29 is 4.39 Å². The third-order valence-corrected chi connectivity index (χ3v) is 2.86. The summed E-state index contributed by atoms with van der Waals surface area (Å²) < 4.78 is 12.7. The zero-order valence-corrected chi connectivity index (χ0v) is 11.2. The second-order valence-electron chi connectivity index (χ2n) is 5.32. The van der Waals surface area contributed by atoms with Gasteiger partial charge in [0.2, 0.25) is 0 Å². The molecular weight excluding hydrogens is 213 g/mol. The molecule has 0 heterocycles. The molecule has 0 saturated carbocycles. The summed E-state index contributed by atoms with van der Waals surface area (Å²) in [5, 5.41) is 3.45. The molecule has 17 heavy (non-hydrogen) atoms. The Morgan fingerprint density at radius 2 is 1.76 bits per heavy atom. The summed E-state index contributed by atoms with van der Waals surface area (Å²) in [7, 11) is 0. The molecule has 0 saturated heterocycles. The van der Waals surface area contributed by atoms with Crippen molar-refractivity contribution >= 4 is 0 Å². The Kier molecular flexibility index (Phi) is 6.20. The minimum atomic E-state index is -0.153. The van der Waals surface area contributed by atoms with E-state index in [0.717, 1.165) is 19.5 Å². The molecule has 0 aliphatic carbocycles. The predicted octanol–water partition coefficient (Wildman–Crippen LogP) is 3.64. The lowest BCUT2D eigenvalue weighted by Gasteiger charge is -2.13. The first kappa shape index (κ1) is 14.2. The van der Waals surface area contributed by atoms with E-state index >= 15 is 0 Å². The summed E-state index contributed by atoms with van der Waals surface area (Å²) in [4.78, 5) is 0. The van der Waals surface area contributed by atoms with E-state index in [1.54, 1.807) is 12.1 Å². The van der Waals surface area contributed by atoms with Crippen LogP contribution < -0.4 is 5.32 Å². The van der Waals surface area contributed by atoms with Gasteiger partial charge in [0, 0.05) is 0 Å². The minimum absolute atomic E-state index is 0.153. The third-order valence-electron chi connectivity index (χ3n) is 2.86. The maximum atomic E-state index is 12.7. The highest BCUT2D eigenvalue weighted by atomic mass is 19.1. The molecule has 1 N–H and O–H groups in total. The summed E-state index contributed by atoms with van der Waals surface area (Å²) in [5.74, 6) is 1.20. The summed E-state index contributed by atoms with van der Waals surface area (Å²) in [6, 6.07) is 6.85. The maximum Gasteiger partial charge on any atom is 0.123 e. The van der Waals surface area contributed by atoms with E-state index in [4.69, 9.17) is 0 Å². The molecule has 1 atom stereocenters. The SMILES string of the molecule is CC(C)CNCCC(C)Cc1ccc(F)cc1. The van der Waals surface area contributed by atoms with E-state index in [1.165, 1.54) is 12.0 Å². The molecule has 1 nitrogen and oxygen atoms in total. The van der Waals surface area contributed by atoms with Crippen molar-refractivity contribution in [3.8, 4) is 0 Å². The van der Waals surface area contributed by atoms with E-state index in [2.05, 4.69) is 26.1 Å². The van der Waals surface area contributed by atoms with Crippen LogP contribution >= 0.6 is 0 Å². The Hall–Kier alpha value is -0.890. The van der Waals surface area contributed by atoms with Gasteiger partial charge in [-0.1, -0.05) is 32.9 Å². The first-order valence-electron chi connectivity index (χ1n) is 6.53. The second-order valence-corrected chi connectivity index (χ2v) is 5.32. The standard InChI is InChI=1S/C15H24FN/c1-12(2)11-17-9-8-13(3)10-14-4-6-15(16)7-5-14/h4-7,12-13,17H,8-11H2,1-3H3. The number of hydrogen-bond donors (Lipinski definition) is 1. The van der Waals surface area contributed by atoms with Crippen LogP contribution in [-0.4, -0.2) is 13.1 Å². The van der Waals surface area contributed by atoms with Gasteiger partial charge in [0.1, 0.15) is 5.82 Å². The summed E-state index contributed by atoms with van der Waals surface area (Å²) in [6.07, 6.45) is 2.20. The van der Waals surface area contributed by atoms with Gasteiger partial charge >= 0.3 is 0 Å². The number of nitrogens with one attached hydrogen (secondary N) is 1. The van der Waals surface area contributed by atoms with E-state index < -0.39 is 0 Å². The number of hydrogen-bond acceptors (Lipinski definition) is 1. The fourth-order valence-corrected chi connectivity index (χ4v) is 1.86. The smallest absolute Gasteiger partial charge is 0.123 e. The first-order chi connectivity index (χ1) is 8.08. The van der Waals surface area contributed by atoms with Crippen molar-refractivity contribution in [3.05, 3.63) is 35.6 Å². The number of halogens is 1. The lowest BCUT2D eigenvalue weighted by molar-refractivity contribution is 0.474. The minimum Gasteiger partial charge on any atom is -0.316 e. The van der Waals surface area contributed by atoms with Gasteiger partial charge in [-0.25, -0.2) is 4.39 Å². The molecule has 96 valence electrons. The van der Waals surface area contributed by atoms with Crippen molar-refractivity contribution in [2.45, 2.75) is 33.6 Å². The zero-order chi connectivity index (χ0) is 12.7. The van der Waals surface area contributed by atoms with Crippen LogP contribution in [0.25, 0.3) is 0 Å². The van der Waals surface area contributed by atoms with E-state index in [1.807, 2.05) is 12.1 Å². The van der Waals surface area contributed by atoms with Gasteiger partial charge in [0.25, 0.3) is 0 Å². The topological polar surface area (TPSA) is 12.0 Å². The summed E-state index contributed by atoms with van der Waals surface area (Å²) in [6.45, 7) is 8.84. The van der Waals surface area contributed by atoms with Gasteiger partial charge < -0.3 is 5.32 Å². The molecule has 0 radical (unpaired) electrons. The molecule has 0 aromatic heterocycles. The van der Waals surface area contributed by atoms with Crippen LogP contribution in [-0.2, 0) is 6.42 Å². The van der Waals surface area contributed by atoms with Crippen LogP contribution in [0.2, 0.25) is 0 Å². The monoisotopic (exact) mass is 237 g/mol. The highest BCUT2D eigenvalue weighted by Crippen LogP contribution is 2.12. The summed E-state index contributed by atoms with van der Waals surface area (Å²) >= 11 is 0. The average molecular weight is 237 g/mol. The van der Waals surface area contributed by atoms with Crippen molar-refractivity contribution in [2.24, 2.45) is 11.8 Å². The molecule has 0 fully saturated rings. The molecule has 0 bridgehead atoms. The number of benzene rings is 1. The molecule has 0 aliphatic rings. The lowest BCUT2D eigenvalue weighted by Crippen LogP contribution is -2.22. The molecule has 2 heteroatoms. The zero-order valence-electron chi connectivity index (χ0n) is 11.2. The Bertz CT molecular complexity index is 305. The summed E-state index contributed by atoms with van der Waals surface area (Å²) in [5.41, 5.74) is 1.22. The van der Waals surface area contributed by atoms with Crippen LogP contribution in [0.1, 0.15) is 32.8 Å². The Morgan fingerprint density at radius 3 is 2.35 bits per heavy atom. The molecule has 0 amide bonds. The largest absolute Gasteiger partial charge is 0.316 e. The van der Waals surface area contributed by atoms with Gasteiger partial charge in [-0.15, -0.1) is 0 Å². The van der Waals surface area contributed by atoms with Crippen molar-refractivity contribution in [1.29, 1.82) is 0 Å². The fraction of sp³-hybridized carbons (Fsp3) is 0.600. The molecule has 1 rings (SSSR count). The third kappa shape index (κ3) is 6.42. The molecule has 1 aromatic carbocycles. The molecule has 0 spiro atoms. The quantitative estimate of drug-likeness (QED) is 0.714. The normalized spacial score (nSPS) is 13.0. The van der Waals surface area contributed by atoms with Crippen LogP contribution in [0.5, 0.6) is 0 Å². The highest BCUT2D eigenvalue weighted by molar-refractivity contribution is 5.16. The van der Waals surface area contributed by atoms with Crippen molar-refractivity contribution in [1.82, 2.24) is 5.32 Å². The first-order valence-corrected chi connectivity index (χ1v) is 6.53. The second kappa shape index (κ2) is 7.44. The fourth-order valence-electron chi connectivity index (χ4n) is 1.86. The predicted molar refractivity (Wildman–Crippen MR) is 71.6 cm³/mol. The lowest BCUT2D eigenvalue weighted by atomic mass is 9.98. The van der Waals surface area contributed by atoms with Crippen LogP contribution in [0.3, 0.4) is 0 Å². The van der Waals surface area contributed by atoms with E-state index in [9.17, 15) is 4.39 Å². The van der Waals surface area contributed by atoms with E-state index in [-0.39, 0.29) is 5.82 Å². The van der Waals surface area contributed by atoms with Crippen molar-refractivity contribution in [2.75, 3.05) is 13.1 Å². The Labute approximate surface area is 104 Å². The Morgan fingerprint density at radius 1 is 1.12 bits per heavy atom. The molecule has 1 unspecified atom stereocenters. The van der Waals surface area contributed by atoms with Crippen LogP contribution in [0, 0.1) is 17.7 Å². The highest BCUT2D eigenvalue weighted by Gasteiger charge is 2.04. The van der Waals surface area contributed by atoms with Crippen LogP contribution in [0.4, 0.5) is 4.39 Å².